The Morgan fingerprint density at radius 1 is 0.529 bits per heavy atom. The van der Waals surface area contributed by atoms with Crippen molar-refractivity contribution < 1.29 is 20.1 Å². The molecular formula is C48H40IrN2-2. The molecule has 0 bridgehead atoms. The van der Waals surface area contributed by atoms with E-state index in [1.54, 1.807) is 0 Å². The summed E-state index contributed by atoms with van der Waals surface area (Å²) in [5, 5.41) is 7.63. The number of benzene rings is 6. The number of nitrogens with zero attached hydrogens (tertiary/aromatic N) is 2. The molecule has 0 atom stereocenters. The molecule has 0 amide bonds. The second-order valence-electron chi connectivity index (χ2n) is 15.0. The Bertz CT molecular complexity index is 2540. The zero-order valence-electron chi connectivity index (χ0n) is 29.9. The number of hydrogen-bond donors (Lipinski definition) is 0. The van der Waals surface area contributed by atoms with Crippen molar-refractivity contribution in [2.45, 2.75) is 52.4 Å². The van der Waals surface area contributed by atoms with Crippen LogP contribution in [0.4, 0.5) is 0 Å². The number of rotatable bonds is 2. The molecule has 0 N–H and O–H groups in total. The maximum Gasteiger partial charge on any atom is 0.0163 e. The first-order valence-corrected chi connectivity index (χ1v) is 17.4. The molecule has 0 unspecified atom stereocenters. The summed E-state index contributed by atoms with van der Waals surface area (Å²) in [5.41, 5.74) is 12.1. The van der Waals surface area contributed by atoms with E-state index in [-0.39, 0.29) is 30.9 Å². The van der Waals surface area contributed by atoms with Crippen LogP contribution in [-0.4, -0.2) is 9.97 Å². The molecular weight excluding hydrogens is 797 g/mol. The standard InChI is InChI=1S/C24H16N.C24H24N.Ir/c1-16-12-13-25-24(14-16)17-10-11-22-20-8-3-2-6-18(20)19-7-4-5-9-21(19)23(22)15-17;1-23(2,3)17-12-13-25-22(15-17)16-10-11-21-19(14-16)18-8-6-7-9-20(18)24(21,4)5;/h2-9,11-15H,1H3;6-9,11-15H,1-5H3;/q2*-1;. The number of fused-ring (bicyclic) bond motifs is 9. The zero-order chi connectivity index (χ0) is 34.6. The molecule has 3 heteroatoms. The summed E-state index contributed by atoms with van der Waals surface area (Å²) in [7, 11) is 0. The maximum atomic E-state index is 4.61. The van der Waals surface area contributed by atoms with Gasteiger partial charge >= 0.3 is 0 Å². The van der Waals surface area contributed by atoms with Gasteiger partial charge in [-0.15, -0.1) is 53.1 Å². The second kappa shape index (κ2) is 13.3. The van der Waals surface area contributed by atoms with Gasteiger partial charge in [-0.2, -0.15) is 0 Å². The molecule has 1 radical (unpaired) electrons. The molecule has 8 aromatic rings. The average molecular weight is 837 g/mol. The fourth-order valence-corrected chi connectivity index (χ4v) is 7.51. The van der Waals surface area contributed by atoms with Crippen LogP contribution in [0.1, 0.15) is 56.9 Å². The minimum atomic E-state index is 0. The summed E-state index contributed by atoms with van der Waals surface area (Å²) in [5.74, 6) is 0. The Morgan fingerprint density at radius 2 is 1.08 bits per heavy atom. The van der Waals surface area contributed by atoms with Crippen molar-refractivity contribution >= 4 is 32.3 Å². The zero-order valence-corrected chi connectivity index (χ0v) is 32.3. The Hall–Kier alpha value is -4.95. The first kappa shape index (κ1) is 34.5. The minimum absolute atomic E-state index is 0. The molecule has 2 aromatic heterocycles. The molecule has 6 aromatic carbocycles. The van der Waals surface area contributed by atoms with Crippen LogP contribution in [0.5, 0.6) is 0 Å². The predicted octanol–water partition coefficient (Wildman–Crippen LogP) is 12.5. The number of aryl methyl sites for hydroxylation is 1. The monoisotopic (exact) mass is 837 g/mol. The summed E-state index contributed by atoms with van der Waals surface area (Å²) in [6.07, 6.45) is 3.77. The van der Waals surface area contributed by atoms with E-state index in [4.69, 9.17) is 0 Å². The van der Waals surface area contributed by atoms with E-state index in [1.165, 1.54) is 65.7 Å². The van der Waals surface area contributed by atoms with E-state index in [0.29, 0.717) is 0 Å². The number of pyridine rings is 2. The fourth-order valence-electron chi connectivity index (χ4n) is 7.51. The van der Waals surface area contributed by atoms with E-state index in [9.17, 15) is 0 Å². The van der Waals surface area contributed by atoms with E-state index >= 15 is 0 Å². The molecule has 0 spiro atoms. The molecule has 0 saturated heterocycles. The van der Waals surface area contributed by atoms with E-state index in [2.05, 4.69) is 179 Å². The van der Waals surface area contributed by atoms with Gasteiger partial charge < -0.3 is 9.97 Å². The van der Waals surface area contributed by atoms with Crippen LogP contribution in [-0.2, 0) is 30.9 Å². The van der Waals surface area contributed by atoms with Gasteiger partial charge in [-0.25, -0.2) is 0 Å². The summed E-state index contributed by atoms with van der Waals surface area (Å²) in [6.45, 7) is 13.4. The van der Waals surface area contributed by atoms with Crippen LogP contribution >= 0.6 is 0 Å². The normalized spacial score (nSPS) is 12.9. The van der Waals surface area contributed by atoms with Gasteiger partial charge in [0.1, 0.15) is 0 Å². The van der Waals surface area contributed by atoms with Gasteiger partial charge in [-0.05, 0) is 74.1 Å². The van der Waals surface area contributed by atoms with Gasteiger partial charge in [-0.3, -0.25) is 0 Å². The summed E-state index contributed by atoms with van der Waals surface area (Å²) in [4.78, 5) is 9.14. The third kappa shape index (κ3) is 6.20. The van der Waals surface area contributed by atoms with Gasteiger partial charge in [0.05, 0.1) is 0 Å². The largest absolute Gasteiger partial charge is 0.305 e. The number of hydrogen-bond acceptors (Lipinski definition) is 2. The minimum Gasteiger partial charge on any atom is -0.305 e. The van der Waals surface area contributed by atoms with Gasteiger partial charge in [0.25, 0.3) is 0 Å². The molecule has 253 valence electrons. The van der Waals surface area contributed by atoms with E-state index in [1.807, 2.05) is 18.5 Å². The summed E-state index contributed by atoms with van der Waals surface area (Å²) in [6, 6.07) is 50.1. The van der Waals surface area contributed by atoms with Crippen molar-refractivity contribution in [2.75, 3.05) is 0 Å². The first-order chi connectivity index (χ1) is 24.1. The van der Waals surface area contributed by atoms with Crippen LogP contribution < -0.4 is 0 Å². The number of aromatic nitrogens is 2. The molecule has 0 saturated carbocycles. The van der Waals surface area contributed by atoms with Gasteiger partial charge in [-0.1, -0.05) is 147 Å². The molecule has 1 aliphatic carbocycles. The smallest absolute Gasteiger partial charge is 0.0163 e. The van der Waals surface area contributed by atoms with Crippen molar-refractivity contribution in [2.24, 2.45) is 0 Å². The van der Waals surface area contributed by atoms with Crippen LogP contribution in [0.15, 0.2) is 134 Å². The van der Waals surface area contributed by atoms with E-state index in [0.717, 1.165) is 22.5 Å². The fraction of sp³-hybridized carbons (Fsp3) is 0.167. The maximum absolute atomic E-state index is 4.61. The molecule has 0 aliphatic heterocycles. The van der Waals surface area contributed by atoms with Gasteiger partial charge in [0.15, 0.2) is 0 Å². The van der Waals surface area contributed by atoms with Crippen LogP contribution in [0.25, 0.3) is 66.0 Å². The molecule has 0 fully saturated rings. The summed E-state index contributed by atoms with van der Waals surface area (Å²) < 4.78 is 0. The molecule has 51 heavy (non-hydrogen) atoms. The van der Waals surface area contributed by atoms with Crippen LogP contribution in [0.2, 0.25) is 0 Å². The van der Waals surface area contributed by atoms with Crippen molar-refractivity contribution in [3.05, 3.63) is 168 Å². The van der Waals surface area contributed by atoms with Crippen molar-refractivity contribution in [3.8, 4) is 33.6 Å². The Balaban J connectivity index is 0.000000156. The Morgan fingerprint density at radius 3 is 1.75 bits per heavy atom. The third-order valence-electron chi connectivity index (χ3n) is 10.3. The van der Waals surface area contributed by atoms with Gasteiger partial charge in [0.2, 0.25) is 0 Å². The predicted molar refractivity (Wildman–Crippen MR) is 211 cm³/mol. The topological polar surface area (TPSA) is 25.8 Å². The average Bonchev–Trinajstić information content (AvgIpc) is 3.37. The van der Waals surface area contributed by atoms with Crippen molar-refractivity contribution in [3.63, 3.8) is 0 Å². The van der Waals surface area contributed by atoms with Gasteiger partial charge in [0, 0.05) is 32.5 Å². The van der Waals surface area contributed by atoms with Crippen LogP contribution in [0.3, 0.4) is 0 Å². The van der Waals surface area contributed by atoms with Crippen molar-refractivity contribution in [1.29, 1.82) is 0 Å². The Labute approximate surface area is 315 Å². The van der Waals surface area contributed by atoms with E-state index < -0.39 is 0 Å². The molecule has 2 heterocycles. The molecule has 9 rings (SSSR count). The second-order valence-corrected chi connectivity index (χ2v) is 15.0. The summed E-state index contributed by atoms with van der Waals surface area (Å²) >= 11 is 0. The molecule has 2 nitrogen and oxygen atoms in total. The van der Waals surface area contributed by atoms with Crippen molar-refractivity contribution in [1.82, 2.24) is 9.97 Å². The van der Waals surface area contributed by atoms with Crippen LogP contribution in [0, 0.1) is 19.1 Å². The quantitative estimate of drug-likeness (QED) is 0.128. The molecule has 1 aliphatic rings. The third-order valence-corrected chi connectivity index (χ3v) is 10.3. The SMILES string of the molecule is CC(C)(C)c1ccnc(-c2[c-]cc3c(c2)-c2ccccc2C3(C)C)c1.Cc1ccnc(-c2[c-]cc3c4ccccc4c4ccccc4c3c2)c1.[Ir]. The first-order valence-electron chi connectivity index (χ1n) is 17.4. The Kier molecular flexibility index (Phi) is 9.00.